The fourth-order valence-electron chi connectivity index (χ4n) is 2.38. The molecule has 0 saturated heterocycles. The number of carbonyl (C=O) groups excluding carboxylic acids is 1. The molecule has 6 heteroatoms. The van der Waals surface area contributed by atoms with Crippen molar-refractivity contribution in [2.45, 2.75) is 25.8 Å². The molecule has 2 aromatic rings. The minimum atomic E-state index is -1.24. The summed E-state index contributed by atoms with van der Waals surface area (Å²) in [6.07, 6.45) is 1.44. The van der Waals surface area contributed by atoms with Gasteiger partial charge in [-0.3, -0.25) is 4.79 Å². The van der Waals surface area contributed by atoms with Crippen LogP contribution in [0.4, 0.5) is 4.39 Å². The zero-order chi connectivity index (χ0) is 18.4. The summed E-state index contributed by atoms with van der Waals surface area (Å²) in [7, 11) is 1.61. The molecule has 2 rings (SSSR count). The van der Waals surface area contributed by atoms with E-state index in [0.717, 1.165) is 23.8 Å². The average molecular weight is 345 g/mol. The number of halogens is 1. The summed E-state index contributed by atoms with van der Waals surface area (Å²) >= 11 is 0. The van der Waals surface area contributed by atoms with Crippen molar-refractivity contribution in [2.24, 2.45) is 0 Å². The molecule has 0 spiro atoms. The molecule has 0 heterocycles. The molecule has 0 aliphatic rings. The summed E-state index contributed by atoms with van der Waals surface area (Å²) in [5, 5.41) is 11.5. The Morgan fingerprint density at radius 3 is 2.44 bits per heavy atom. The van der Waals surface area contributed by atoms with Gasteiger partial charge in [-0.15, -0.1) is 0 Å². The van der Waals surface area contributed by atoms with Crippen LogP contribution in [-0.4, -0.2) is 30.1 Å². The number of carbonyl (C=O) groups is 2. The fraction of sp³-hybridized carbons (Fsp3) is 0.263. The van der Waals surface area contributed by atoms with Crippen molar-refractivity contribution in [3.05, 3.63) is 65.0 Å². The van der Waals surface area contributed by atoms with Gasteiger partial charge >= 0.3 is 5.97 Å². The number of nitrogens with one attached hydrogen (secondary N) is 1. The highest BCUT2D eigenvalue weighted by atomic mass is 19.1. The highest BCUT2D eigenvalue weighted by Gasteiger charge is 2.16. The minimum Gasteiger partial charge on any atom is -0.497 e. The van der Waals surface area contributed by atoms with E-state index in [2.05, 4.69) is 5.32 Å². The van der Waals surface area contributed by atoms with E-state index in [1.54, 1.807) is 7.11 Å². The topological polar surface area (TPSA) is 75.6 Å². The first-order valence-electron chi connectivity index (χ1n) is 7.87. The van der Waals surface area contributed by atoms with Gasteiger partial charge in [-0.05, 0) is 55.7 Å². The van der Waals surface area contributed by atoms with Gasteiger partial charge in [-0.25, -0.2) is 9.18 Å². The van der Waals surface area contributed by atoms with Crippen LogP contribution in [0.1, 0.15) is 39.6 Å². The number of ether oxygens (including phenoxy) is 1. The molecule has 1 unspecified atom stereocenters. The van der Waals surface area contributed by atoms with Gasteiger partial charge in [0.15, 0.2) is 0 Å². The first-order chi connectivity index (χ1) is 11.9. The first kappa shape index (κ1) is 18.4. The van der Waals surface area contributed by atoms with E-state index in [-0.39, 0.29) is 17.2 Å². The lowest BCUT2D eigenvalue weighted by Gasteiger charge is -2.14. The van der Waals surface area contributed by atoms with Crippen LogP contribution in [0.15, 0.2) is 42.5 Å². The number of amides is 1. The fourth-order valence-corrected chi connectivity index (χ4v) is 2.38. The number of hydrogen-bond acceptors (Lipinski definition) is 3. The van der Waals surface area contributed by atoms with Crippen LogP contribution in [0, 0.1) is 5.82 Å². The van der Waals surface area contributed by atoms with Gasteiger partial charge in [-0.1, -0.05) is 12.1 Å². The zero-order valence-corrected chi connectivity index (χ0v) is 14.1. The second-order valence-electron chi connectivity index (χ2n) is 5.76. The molecule has 0 aromatic heterocycles. The largest absolute Gasteiger partial charge is 0.497 e. The maximum Gasteiger partial charge on any atom is 0.335 e. The van der Waals surface area contributed by atoms with Crippen molar-refractivity contribution in [3.8, 4) is 5.75 Å². The smallest absolute Gasteiger partial charge is 0.335 e. The average Bonchev–Trinajstić information content (AvgIpc) is 2.60. The van der Waals surface area contributed by atoms with Crippen LogP contribution in [0.3, 0.4) is 0 Å². The predicted octanol–water partition coefficient (Wildman–Crippen LogP) is 3.28. The molecule has 0 saturated carbocycles. The Hall–Kier alpha value is -2.89. The lowest BCUT2D eigenvalue weighted by atomic mass is 10.1. The lowest BCUT2D eigenvalue weighted by Crippen LogP contribution is -2.33. The molecule has 0 bridgehead atoms. The molecule has 2 aromatic carbocycles. The summed E-state index contributed by atoms with van der Waals surface area (Å²) in [4.78, 5) is 22.9. The Bertz CT molecular complexity index is 759. The summed E-state index contributed by atoms with van der Waals surface area (Å²) in [5.74, 6) is -1.86. The molecule has 25 heavy (non-hydrogen) atoms. The van der Waals surface area contributed by atoms with Crippen molar-refractivity contribution in [2.75, 3.05) is 7.11 Å². The molecule has 0 aliphatic carbocycles. The van der Waals surface area contributed by atoms with Crippen molar-refractivity contribution < 1.29 is 23.8 Å². The number of carboxylic acids is 1. The predicted molar refractivity (Wildman–Crippen MR) is 91.6 cm³/mol. The second kappa shape index (κ2) is 8.28. The molecule has 1 atom stereocenters. The summed E-state index contributed by atoms with van der Waals surface area (Å²) in [6.45, 7) is 1.84. The third kappa shape index (κ3) is 5.04. The molecule has 1 amide bonds. The van der Waals surface area contributed by atoms with Crippen LogP contribution in [-0.2, 0) is 6.42 Å². The molecular weight excluding hydrogens is 325 g/mol. The number of benzene rings is 2. The number of aryl methyl sites for hydroxylation is 1. The highest BCUT2D eigenvalue weighted by Crippen LogP contribution is 2.14. The van der Waals surface area contributed by atoms with Gasteiger partial charge in [0.2, 0.25) is 0 Å². The lowest BCUT2D eigenvalue weighted by molar-refractivity contribution is 0.0695. The number of hydrogen-bond donors (Lipinski definition) is 2. The van der Waals surface area contributed by atoms with Gasteiger partial charge in [0.25, 0.3) is 5.91 Å². The maximum absolute atomic E-state index is 13.9. The van der Waals surface area contributed by atoms with Gasteiger partial charge in [0.1, 0.15) is 11.6 Å². The first-order valence-corrected chi connectivity index (χ1v) is 7.87. The normalized spacial score (nSPS) is 11.6. The van der Waals surface area contributed by atoms with E-state index >= 15 is 0 Å². The van der Waals surface area contributed by atoms with Crippen molar-refractivity contribution >= 4 is 11.9 Å². The summed E-state index contributed by atoms with van der Waals surface area (Å²) in [5.41, 5.74) is 0.752. The number of rotatable bonds is 7. The third-order valence-electron chi connectivity index (χ3n) is 3.86. The molecule has 0 fully saturated rings. The molecule has 0 aliphatic heterocycles. The monoisotopic (exact) mass is 345 g/mol. The minimum absolute atomic E-state index is 0.159. The Morgan fingerprint density at radius 2 is 1.88 bits per heavy atom. The van der Waals surface area contributed by atoms with Crippen LogP contribution in [0.5, 0.6) is 5.75 Å². The standard InChI is InChI=1S/C19H20FNO4/c1-12(3-4-13-5-8-15(25-2)9-6-13)21-18(22)16-10-7-14(19(23)24)11-17(16)20/h5-12H,3-4H2,1-2H3,(H,21,22)(H,23,24). The van der Waals surface area contributed by atoms with E-state index in [0.29, 0.717) is 6.42 Å². The quantitative estimate of drug-likeness (QED) is 0.807. The Balaban J connectivity index is 1.92. The highest BCUT2D eigenvalue weighted by molar-refractivity contribution is 5.96. The molecule has 132 valence electrons. The maximum atomic E-state index is 13.9. The zero-order valence-electron chi connectivity index (χ0n) is 14.1. The summed E-state index contributed by atoms with van der Waals surface area (Å²) in [6, 6.07) is 10.7. The van der Waals surface area contributed by atoms with E-state index in [4.69, 9.17) is 9.84 Å². The Kier molecular flexibility index (Phi) is 6.11. The van der Waals surface area contributed by atoms with Crippen LogP contribution < -0.4 is 10.1 Å². The van der Waals surface area contributed by atoms with Gasteiger partial charge in [0, 0.05) is 6.04 Å². The van der Waals surface area contributed by atoms with E-state index in [1.807, 2.05) is 31.2 Å². The van der Waals surface area contributed by atoms with Crippen molar-refractivity contribution in [1.82, 2.24) is 5.32 Å². The molecule has 5 nitrogen and oxygen atoms in total. The second-order valence-corrected chi connectivity index (χ2v) is 5.76. The SMILES string of the molecule is COc1ccc(CCC(C)NC(=O)c2ccc(C(=O)O)cc2F)cc1. The number of carboxylic acid groups (broad SMARTS) is 1. The van der Waals surface area contributed by atoms with Crippen LogP contribution in [0.2, 0.25) is 0 Å². The Morgan fingerprint density at radius 1 is 1.20 bits per heavy atom. The Labute approximate surface area is 145 Å². The van der Waals surface area contributed by atoms with Crippen molar-refractivity contribution in [1.29, 1.82) is 0 Å². The number of aromatic carboxylic acids is 1. The third-order valence-corrected chi connectivity index (χ3v) is 3.86. The van der Waals surface area contributed by atoms with E-state index in [9.17, 15) is 14.0 Å². The van der Waals surface area contributed by atoms with Gasteiger partial charge < -0.3 is 15.2 Å². The molecular formula is C19H20FNO4. The van der Waals surface area contributed by atoms with E-state index < -0.39 is 17.7 Å². The van der Waals surface area contributed by atoms with Crippen molar-refractivity contribution in [3.63, 3.8) is 0 Å². The van der Waals surface area contributed by atoms with Crippen LogP contribution >= 0.6 is 0 Å². The number of methoxy groups -OCH3 is 1. The summed E-state index contributed by atoms with van der Waals surface area (Å²) < 4.78 is 19.0. The molecule has 0 radical (unpaired) electrons. The van der Waals surface area contributed by atoms with E-state index in [1.165, 1.54) is 12.1 Å². The van der Waals surface area contributed by atoms with Gasteiger partial charge in [0.05, 0.1) is 18.2 Å². The van der Waals surface area contributed by atoms with Crippen LogP contribution in [0.25, 0.3) is 0 Å². The molecule has 2 N–H and O–H groups in total. The van der Waals surface area contributed by atoms with Gasteiger partial charge in [-0.2, -0.15) is 0 Å².